The zero-order valence-corrected chi connectivity index (χ0v) is 16.6. The minimum absolute atomic E-state index is 0.0687. The maximum atomic E-state index is 12.3. The zero-order chi connectivity index (χ0) is 18.4. The number of thiophene rings is 1. The van der Waals surface area contributed by atoms with Crippen LogP contribution in [0, 0.1) is 0 Å². The van der Waals surface area contributed by atoms with Crippen LogP contribution in [0.2, 0.25) is 0 Å². The van der Waals surface area contributed by atoms with Gasteiger partial charge in [0.2, 0.25) is 11.1 Å². The number of rotatable bonds is 8. The van der Waals surface area contributed by atoms with Gasteiger partial charge in [0.1, 0.15) is 5.82 Å². The molecule has 0 bridgehead atoms. The molecule has 0 saturated heterocycles. The smallest absolute Gasteiger partial charge is 0.233 e. The average Bonchev–Trinajstić information content (AvgIpc) is 3.32. The number of hydrogen-bond acceptors (Lipinski definition) is 5. The second-order valence-electron chi connectivity index (χ2n) is 6.03. The number of benzene rings is 1. The molecule has 136 valence electrons. The average molecular weight is 387 g/mol. The van der Waals surface area contributed by atoms with Gasteiger partial charge in [-0.3, -0.25) is 9.89 Å². The number of aromatic nitrogens is 3. The maximum Gasteiger partial charge on any atom is 0.233 e. The van der Waals surface area contributed by atoms with Crippen molar-refractivity contribution in [3.8, 4) is 0 Å². The monoisotopic (exact) mass is 386 g/mol. The molecule has 2 heterocycles. The molecule has 0 radical (unpaired) electrons. The van der Waals surface area contributed by atoms with E-state index < -0.39 is 0 Å². The first-order chi connectivity index (χ1) is 12.6. The fourth-order valence-electron chi connectivity index (χ4n) is 2.48. The second-order valence-corrected chi connectivity index (χ2v) is 8.00. The highest BCUT2D eigenvalue weighted by atomic mass is 32.2. The fourth-order valence-corrected chi connectivity index (χ4v) is 3.95. The van der Waals surface area contributed by atoms with Crippen molar-refractivity contribution < 1.29 is 4.79 Å². The molecule has 0 aliphatic heterocycles. The van der Waals surface area contributed by atoms with E-state index >= 15 is 0 Å². The van der Waals surface area contributed by atoms with E-state index in [9.17, 15) is 4.79 Å². The lowest BCUT2D eigenvalue weighted by Gasteiger charge is -2.17. The predicted molar refractivity (Wildman–Crippen MR) is 107 cm³/mol. The predicted octanol–water partition coefficient (Wildman–Crippen LogP) is 3.77. The molecule has 0 atom stereocenters. The third kappa shape index (κ3) is 5.19. The van der Waals surface area contributed by atoms with Crippen LogP contribution in [0.15, 0.2) is 46.9 Å². The van der Waals surface area contributed by atoms with Crippen LogP contribution in [0.25, 0.3) is 0 Å². The summed E-state index contributed by atoms with van der Waals surface area (Å²) >= 11 is 3.06. The lowest BCUT2D eigenvalue weighted by Crippen LogP contribution is -2.27. The molecule has 1 aromatic carbocycles. The topological polar surface area (TPSA) is 61.9 Å². The van der Waals surface area contributed by atoms with Crippen molar-refractivity contribution in [1.29, 1.82) is 0 Å². The maximum absolute atomic E-state index is 12.3. The first-order valence-corrected chi connectivity index (χ1v) is 10.4. The Balaban J connectivity index is 1.47. The molecule has 0 spiro atoms. The molecule has 3 rings (SSSR count). The highest BCUT2D eigenvalue weighted by Crippen LogP contribution is 2.17. The van der Waals surface area contributed by atoms with Crippen molar-refractivity contribution in [3.63, 3.8) is 0 Å². The van der Waals surface area contributed by atoms with E-state index in [1.165, 1.54) is 22.2 Å². The standard InChI is InChI=1S/C19H22N4OS2/c1-3-14-6-8-15(9-7-14)12-23(2)18(24)13-26-19-20-17(21-22-19)11-16-5-4-10-25-16/h4-10H,3,11-13H2,1-2H3,(H,20,21,22). The van der Waals surface area contributed by atoms with Crippen LogP contribution in [0.3, 0.4) is 0 Å². The van der Waals surface area contributed by atoms with E-state index in [0.29, 0.717) is 17.5 Å². The van der Waals surface area contributed by atoms with Crippen molar-refractivity contribution in [2.75, 3.05) is 12.8 Å². The lowest BCUT2D eigenvalue weighted by atomic mass is 10.1. The second kappa shape index (κ2) is 9.00. The molecule has 5 nitrogen and oxygen atoms in total. The van der Waals surface area contributed by atoms with E-state index in [0.717, 1.165) is 24.2 Å². The summed E-state index contributed by atoms with van der Waals surface area (Å²) in [5.74, 6) is 1.23. The van der Waals surface area contributed by atoms with Crippen LogP contribution >= 0.6 is 23.1 Å². The van der Waals surface area contributed by atoms with Gasteiger partial charge in [0, 0.05) is 24.9 Å². The number of nitrogens with zero attached hydrogens (tertiary/aromatic N) is 3. The molecule has 0 saturated carbocycles. The molecule has 1 N–H and O–H groups in total. The summed E-state index contributed by atoms with van der Waals surface area (Å²) in [7, 11) is 1.83. The summed E-state index contributed by atoms with van der Waals surface area (Å²) in [5, 5.41) is 9.80. The Morgan fingerprint density at radius 1 is 1.23 bits per heavy atom. The number of H-pyrrole nitrogens is 1. The molecule has 7 heteroatoms. The van der Waals surface area contributed by atoms with Gasteiger partial charge in [-0.25, -0.2) is 4.98 Å². The molecule has 0 aliphatic rings. The number of hydrogen-bond donors (Lipinski definition) is 1. The summed E-state index contributed by atoms with van der Waals surface area (Å²) in [6.45, 7) is 2.75. The Hall–Kier alpha value is -2.12. The van der Waals surface area contributed by atoms with Crippen LogP contribution in [-0.4, -0.2) is 38.8 Å². The van der Waals surface area contributed by atoms with E-state index in [-0.39, 0.29) is 5.91 Å². The Morgan fingerprint density at radius 3 is 2.69 bits per heavy atom. The van der Waals surface area contributed by atoms with Crippen molar-refractivity contribution >= 4 is 29.0 Å². The Bertz CT molecular complexity index is 828. The first kappa shape index (κ1) is 18.7. The SMILES string of the molecule is CCc1ccc(CN(C)C(=O)CSc2n[nH]c(Cc3cccs3)n2)cc1. The highest BCUT2D eigenvalue weighted by molar-refractivity contribution is 7.99. The molecular formula is C19H22N4OS2. The van der Waals surface area contributed by atoms with Gasteiger partial charge >= 0.3 is 0 Å². The van der Waals surface area contributed by atoms with Crippen LogP contribution < -0.4 is 0 Å². The summed E-state index contributed by atoms with van der Waals surface area (Å²) < 4.78 is 0. The molecule has 1 amide bonds. The van der Waals surface area contributed by atoms with E-state index in [4.69, 9.17) is 0 Å². The largest absolute Gasteiger partial charge is 0.341 e. The van der Waals surface area contributed by atoms with Crippen LogP contribution in [0.4, 0.5) is 0 Å². The summed E-state index contributed by atoms with van der Waals surface area (Å²) in [6, 6.07) is 12.5. The Morgan fingerprint density at radius 2 is 2.00 bits per heavy atom. The van der Waals surface area contributed by atoms with Gasteiger partial charge in [-0.1, -0.05) is 49.0 Å². The number of amides is 1. The van der Waals surface area contributed by atoms with Crippen LogP contribution in [-0.2, 0) is 24.2 Å². The van der Waals surface area contributed by atoms with Gasteiger partial charge in [0.15, 0.2) is 0 Å². The lowest BCUT2D eigenvalue weighted by molar-refractivity contribution is -0.127. The van der Waals surface area contributed by atoms with Gasteiger partial charge < -0.3 is 4.90 Å². The number of carbonyl (C=O) groups is 1. The Labute approximate surface area is 161 Å². The number of carbonyl (C=O) groups excluding carboxylic acids is 1. The molecule has 0 aliphatic carbocycles. The number of thioether (sulfide) groups is 1. The minimum Gasteiger partial charge on any atom is -0.341 e. The molecular weight excluding hydrogens is 364 g/mol. The van der Waals surface area contributed by atoms with Crippen molar-refractivity contribution in [3.05, 3.63) is 63.6 Å². The minimum atomic E-state index is 0.0687. The van der Waals surface area contributed by atoms with Gasteiger partial charge in [0.05, 0.1) is 5.75 Å². The normalized spacial score (nSPS) is 10.8. The first-order valence-electron chi connectivity index (χ1n) is 8.52. The number of nitrogens with one attached hydrogen (secondary N) is 1. The summed E-state index contributed by atoms with van der Waals surface area (Å²) in [6.07, 6.45) is 1.77. The van der Waals surface area contributed by atoms with Gasteiger partial charge in [-0.15, -0.1) is 16.4 Å². The quantitative estimate of drug-likeness (QED) is 0.599. The van der Waals surface area contributed by atoms with Crippen molar-refractivity contribution in [2.45, 2.75) is 31.5 Å². The Kier molecular flexibility index (Phi) is 6.46. The van der Waals surface area contributed by atoms with Crippen molar-refractivity contribution in [2.24, 2.45) is 0 Å². The summed E-state index contributed by atoms with van der Waals surface area (Å²) in [5.41, 5.74) is 2.44. The molecule has 26 heavy (non-hydrogen) atoms. The molecule has 0 fully saturated rings. The third-order valence-electron chi connectivity index (χ3n) is 4.03. The fraction of sp³-hybridized carbons (Fsp3) is 0.316. The van der Waals surface area contributed by atoms with E-state index in [1.54, 1.807) is 16.2 Å². The van der Waals surface area contributed by atoms with Crippen molar-refractivity contribution in [1.82, 2.24) is 20.1 Å². The van der Waals surface area contributed by atoms with Crippen LogP contribution in [0.5, 0.6) is 0 Å². The molecule has 2 aromatic heterocycles. The van der Waals surface area contributed by atoms with E-state index in [1.807, 2.05) is 18.5 Å². The molecule has 0 unspecified atom stereocenters. The van der Waals surface area contributed by atoms with Gasteiger partial charge in [-0.2, -0.15) is 0 Å². The molecule has 3 aromatic rings. The van der Waals surface area contributed by atoms with Crippen LogP contribution in [0.1, 0.15) is 28.8 Å². The zero-order valence-electron chi connectivity index (χ0n) is 14.9. The third-order valence-corrected chi connectivity index (χ3v) is 5.74. The van der Waals surface area contributed by atoms with Gasteiger partial charge in [0.25, 0.3) is 0 Å². The number of aromatic amines is 1. The highest BCUT2D eigenvalue weighted by Gasteiger charge is 2.12. The van der Waals surface area contributed by atoms with Gasteiger partial charge in [-0.05, 0) is 29.0 Å². The summed E-state index contributed by atoms with van der Waals surface area (Å²) in [4.78, 5) is 19.8. The number of aryl methyl sites for hydroxylation is 1. The van der Waals surface area contributed by atoms with E-state index in [2.05, 4.69) is 52.4 Å².